The van der Waals surface area contributed by atoms with Gasteiger partial charge in [0.05, 0.1) is 0 Å². The molecule has 0 saturated carbocycles. The lowest BCUT2D eigenvalue weighted by Crippen LogP contribution is -2.11. The van der Waals surface area contributed by atoms with Crippen molar-refractivity contribution in [2.24, 2.45) is 0 Å². The molecule has 0 fully saturated rings. The molecule has 1 heterocycles. The van der Waals surface area contributed by atoms with Crippen LogP contribution in [0.3, 0.4) is 0 Å². The van der Waals surface area contributed by atoms with E-state index in [1.54, 1.807) is 0 Å². The van der Waals surface area contributed by atoms with Crippen LogP contribution in [0.5, 0.6) is 0 Å². The Bertz CT molecular complexity index is 1980. The van der Waals surface area contributed by atoms with Gasteiger partial charge in [0.2, 0.25) is 0 Å². The Labute approximate surface area is 239 Å². The number of hydrogen-bond acceptors (Lipinski definition) is 2. The Hall–Kier alpha value is -5.47. The first kappa shape index (κ1) is 23.4. The Morgan fingerprint density at radius 3 is 1.61 bits per heavy atom. The van der Waals surface area contributed by atoms with E-state index in [9.17, 15) is 0 Å². The van der Waals surface area contributed by atoms with Crippen LogP contribution in [0.2, 0.25) is 0 Å². The summed E-state index contributed by atoms with van der Waals surface area (Å²) in [5.41, 5.74) is 12.3. The smallest absolute Gasteiger partial charge is 0.137 e. The maximum atomic E-state index is 4.71. The number of fused-ring (bicyclic) bond motifs is 3. The topological polar surface area (TPSA) is 16.1 Å². The van der Waals surface area contributed by atoms with E-state index in [2.05, 4.69) is 138 Å². The van der Waals surface area contributed by atoms with Crippen molar-refractivity contribution >= 4 is 28.0 Å². The molecule has 0 radical (unpaired) electrons. The van der Waals surface area contributed by atoms with Gasteiger partial charge >= 0.3 is 0 Å². The van der Waals surface area contributed by atoms with E-state index in [1.165, 1.54) is 55.3 Å². The standard InChI is InChI=1S/C39H26N2/c1-2-9-27(10-3-1)28-16-20-30(21-17-28)41(38-15-6-7-26-40-38)31-22-18-29(19-23-31)32-24-25-37-34-12-5-4-11-33(34)36-14-8-13-35(32)39(36)37/h1-26H. The lowest BCUT2D eigenvalue weighted by atomic mass is 9.94. The van der Waals surface area contributed by atoms with E-state index in [0.29, 0.717) is 0 Å². The maximum Gasteiger partial charge on any atom is 0.137 e. The first-order valence-electron chi connectivity index (χ1n) is 14.0. The second-order valence-corrected chi connectivity index (χ2v) is 10.4. The molecule has 0 unspecified atom stereocenters. The van der Waals surface area contributed by atoms with Gasteiger partial charge in [0.15, 0.2) is 0 Å². The first-order valence-corrected chi connectivity index (χ1v) is 14.0. The van der Waals surface area contributed by atoms with Crippen LogP contribution in [-0.2, 0) is 0 Å². The molecule has 1 aliphatic rings. The summed E-state index contributed by atoms with van der Waals surface area (Å²) in [6.07, 6.45) is 1.85. The summed E-state index contributed by atoms with van der Waals surface area (Å²) in [7, 11) is 0. The van der Waals surface area contributed by atoms with Crippen molar-refractivity contribution in [3.8, 4) is 44.5 Å². The van der Waals surface area contributed by atoms with Gasteiger partial charge in [-0.25, -0.2) is 4.98 Å². The Morgan fingerprint density at radius 2 is 0.927 bits per heavy atom. The van der Waals surface area contributed by atoms with E-state index in [-0.39, 0.29) is 0 Å². The molecule has 8 rings (SSSR count). The molecule has 0 amide bonds. The predicted octanol–water partition coefficient (Wildman–Crippen LogP) is 10.7. The van der Waals surface area contributed by atoms with Crippen LogP contribution in [0, 0.1) is 0 Å². The molecule has 0 saturated heterocycles. The SMILES string of the molecule is c1ccc(-c2ccc(N(c3ccc(-c4ccc5c6c(cccc46)-c4ccccc4-5)cc3)c3ccccn3)cc2)cc1. The predicted molar refractivity (Wildman–Crippen MR) is 172 cm³/mol. The van der Waals surface area contributed by atoms with Crippen LogP contribution in [0.4, 0.5) is 17.2 Å². The average Bonchev–Trinajstić information content (AvgIpc) is 3.38. The monoisotopic (exact) mass is 522 g/mol. The molecule has 41 heavy (non-hydrogen) atoms. The van der Waals surface area contributed by atoms with Crippen LogP contribution >= 0.6 is 0 Å². The zero-order chi connectivity index (χ0) is 27.2. The highest BCUT2D eigenvalue weighted by atomic mass is 15.2. The van der Waals surface area contributed by atoms with E-state index >= 15 is 0 Å². The van der Waals surface area contributed by atoms with Crippen LogP contribution in [-0.4, -0.2) is 4.98 Å². The Balaban J connectivity index is 1.19. The summed E-state index contributed by atoms with van der Waals surface area (Å²) in [6, 6.07) is 54.1. The van der Waals surface area contributed by atoms with Crippen molar-refractivity contribution < 1.29 is 0 Å². The van der Waals surface area contributed by atoms with Crippen LogP contribution in [0.1, 0.15) is 0 Å². The van der Waals surface area contributed by atoms with Crippen molar-refractivity contribution in [2.75, 3.05) is 4.90 Å². The molecule has 0 aliphatic heterocycles. The molecular formula is C39H26N2. The first-order chi connectivity index (χ1) is 20.3. The minimum absolute atomic E-state index is 0.885. The summed E-state index contributed by atoms with van der Waals surface area (Å²) in [6.45, 7) is 0. The molecule has 1 aromatic heterocycles. The van der Waals surface area contributed by atoms with Crippen LogP contribution in [0.25, 0.3) is 55.3 Å². The third-order valence-electron chi connectivity index (χ3n) is 8.10. The summed E-state index contributed by atoms with van der Waals surface area (Å²) >= 11 is 0. The van der Waals surface area contributed by atoms with E-state index in [1.807, 2.05) is 24.4 Å². The molecule has 2 heteroatoms. The lowest BCUT2D eigenvalue weighted by Gasteiger charge is -2.24. The van der Waals surface area contributed by atoms with Crippen molar-refractivity contribution in [2.45, 2.75) is 0 Å². The van der Waals surface area contributed by atoms with Gasteiger partial charge < -0.3 is 0 Å². The number of aromatic nitrogens is 1. The second kappa shape index (κ2) is 9.62. The largest absolute Gasteiger partial charge is 0.295 e. The van der Waals surface area contributed by atoms with Gasteiger partial charge in [-0.05, 0) is 91.7 Å². The van der Waals surface area contributed by atoms with Crippen LogP contribution < -0.4 is 4.90 Å². The fraction of sp³-hybridized carbons (Fsp3) is 0. The molecule has 0 spiro atoms. The lowest BCUT2D eigenvalue weighted by molar-refractivity contribution is 1.18. The normalized spacial score (nSPS) is 11.4. The number of rotatable bonds is 5. The molecule has 7 aromatic rings. The number of benzene rings is 6. The van der Waals surface area contributed by atoms with Crippen molar-refractivity contribution in [3.05, 3.63) is 158 Å². The number of anilines is 3. The fourth-order valence-electron chi connectivity index (χ4n) is 6.18. The zero-order valence-electron chi connectivity index (χ0n) is 22.4. The molecule has 192 valence electrons. The molecule has 0 N–H and O–H groups in total. The van der Waals surface area contributed by atoms with Crippen molar-refractivity contribution in [3.63, 3.8) is 0 Å². The fourth-order valence-corrected chi connectivity index (χ4v) is 6.18. The van der Waals surface area contributed by atoms with Gasteiger partial charge in [-0.3, -0.25) is 4.90 Å². The third kappa shape index (κ3) is 3.92. The number of nitrogens with zero attached hydrogens (tertiary/aromatic N) is 2. The highest BCUT2D eigenvalue weighted by molar-refractivity contribution is 6.18. The average molecular weight is 523 g/mol. The maximum absolute atomic E-state index is 4.71. The van der Waals surface area contributed by atoms with Crippen molar-refractivity contribution in [1.29, 1.82) is 0 Å². The molecule has 0 bridgehead atoms. The summed E-state index contributed by atoms with van der Waals surface area (Å²) in [5, 5.41) is 2.64. The van der Waals surface area contributed by atoms with E-state index < -0.39 is 0 Å². The molecule has 1 aliphatic carbocycles. The third-order valence-corrected chi connectivity index (χ3v) is 8.10. The minimum Gasteiger partial charge on any atom is -0.295 e. The van der Waals surface area contributed by atoms with Gasteiger partial charge in [-0.1, -0.05) is 115 Å². The molecule has 6 aromatic carbocycles. The Morgan fingerprint density at radius 1 is 0.366 bits per heavy atom. The van der Waals surface area contributed by atoms with Gasteiger partial charge in [-0.2, -0.15) is 0 Å². The summed E-state index contributed by atoms with van der Waals surface area (Å²) in [4.78, 5) is 6.92. The van der Waals surface area contributed by atoms with E-state index in [0.717, 1.165) is 17.2 Å². The Kier molecular flexibility index (Phi) is 5.49. The highest BCUT2D eigenvalue weighted by Crippen LogP contribution is 2.49. The second-order valence-electron chi connectivity index (χ2n) is 10.4. The zero-order valence-corrected chi connectivity index (χ0v) is 22.4. The summed E-state index contributed by atoms with van der Waals surface area (Å²) < 4.78 is 0. The number of pyridine rings is 1. The van der Waals surface area contributed by atoms with Gasteiger partial charge in [0.1, 0.15) is 5.82 Å². The molecule has 0 atom stereocenters. The molecule has 2 nitrogen and oxygen atoms in total. The quantitative estimate of drug-likeness (QED) is 0.223. The minimum atomic E-state index is 0.885. The van der Waals surface area contributed by atoms with E-state index in [4.69, 9.17) is 4.98 Å². The van der Waals surface area contributed by atoms with Gasteiger partial charge in [0.25, 0.3) is 0 Å². The summed E-state index contributed by atoms with van der Waals surface area (Å²) in [5.74, 6) is 0.885. The van der Waals surface area contributed by atoms with Gasteiger partial charge in [-0.15, -0.1) is 0 Å². The molecular weight excluding hydrogens is 496 g/mol. The van der Waals surface area contributed by atoms with Gasteiger partial charge in [0, 0.05) is 17.6 Å². The van der Waals surface area contributed by atoms with Crippen LogP contribution in [0.15, 0.2) is 158 Å². The highest BCUT2D eigenvalue weighted by Gasteiger charge is 2.22. The number of hydrogen-bond donors (Lipinski definition) is 0. The van der Waals surface area contributed by atoms with Crippen molar-refractivity contribution in [1.82, 2.24) is 4.98 Å².